The lowest BCUT2D eigenvalue weighted by atomic mass is 9.73. The SMILES string of the molecule is Nc1ncnc2c1ncn2[C@@H]1O[C@H](C(CC(=O)O)OC2NC(=O)CC2(Sc2ccccc2)Sc2ccccc2)[C@](O)(CC(=O)O)[C@]1(O)CC(=O)O. The average Bonchev–Trinajstić information content (AvgIpc) is 3.67. The number of carboxylic acids is 3. The average molecular weight is 741 g/mol. The number of carboxylic acid groups (broad SMARTS) is 3. The number of rotatable bonds is 14. The highest BCUT2D eigenvalue weighted by Crippen LogP contribution is 2.55. The Morgan fingerprint density at radius 1 is 0.922 bits per heavy atom. The minimum Gasteiger partial charge on any atom is -0.481 e. The van der Waals surface area contributed by atoms with Crippen LogP contribution in [0.5, 0.6) is 0 Å². The number of fused-ring (bicyclic) bond motifs is 1. The van der Waals surface area contributed by atoms with Gasteiger partial charge in [0, 0.05) is 9.79 Å². The molecule has 2 aromatic heterocycles. The van der Waals surface area contributed by atoms with Crippen LogP contribution in [-0.2, 0) is 28.7 Å². The number of carbonyl (C=O) groups is 4. The summed E-state index contributed by atoms with van der Waals surface area (Å²) in [5.41, 5.74) is -0.0777. The van der Waals surface area contributed by atoms with Crippen LogP contribution in [0.3, 0.4) is 0 Å². The van der Waals surface area contributed by atoms with Gasteiger partial charge in [-0.25, -0.2) is 15.0 Å². The van der Waals surface area contributed by atoms with Crippen LogP contribution in [0.2, 0.25) is 0 Å². The van der Waals surface area contributed by atoms with Crippen molar-refractivity contribution in [1.82, 2.24) is 24.8 Å². The molecule has 2 aliphatic rings. The van der Waals surface area contributed by atoms with E-state index in [1.807, 2.05) is 36.4 Å². The molecule has 6 rings (SSSR count). The second kappa shape index (κ2) is 14.1. The van der Waals surface area contributed by atoms with E-state index in [4.69, 9.17) is 15.2 Å². The summed E-state index contributed by atoms with van der Waals surface area (Å²) in [6.07, 6.45) is -8.49. The van der Waals surface area contributed by atoms with Crippen LogP contribution < -0.4 is 11.1 Å². The monoisotopic (exact) mass is 740 g/mol. The first-order valence-electron chi connectivity index (χ1n) is 15.4. The Morgan fingerprint density at radius 2 is 1.51 bits per heavy atom. The zero-order chi connectivity index (χ0) is 36.6. The Balaban J connectivity index is 1.47. The Hall–Kier alpha value is -4.79. The molecule has 1 amide bonds. The molecule has 19 heteroatoms. The van der Waals surface area contributed by atoms with Crippen molar-refractivity contribution in [3.8, 4) is 0 Å². The molecule has 6 atom stereocenters. The fourth-order valence-electron chi connectivity index (χ4n) is 6.42. The van der Waals surface area contributed by atoms with Crippen molar-refractivity contribution >= 4 is 64.3 Å². The van der Waals surface area contributed by atoms with Gasteiger partial charge in [0.15, 0.2) is 29.5 Å². The van der Waals surface area contributed by atoms with Gasteiger partial charge in [-0.05, 0) is 24.3 Å². The Labute approximate surface area is 297 Å². The summed E-state index contributed by atoms with van der Waals surface area (Å²) in [6.45, 7) is 0. The van der Waals surface area contributed by atoms with Gasteiger partial charge in [0.05, 0.1) is 38.1 Å². The van der Waals surface area contributed by atoms with E-state index in [9.17, 15) is 44.7 Å². The minimum absolute atomic E-state index is 0.0247. The molecule has 2 aliphatic heterocycles. The molecule has 51 heavy (non-hydrogen) atoms. The van der Waals surface area contributed by atoms with E-state index in [2.05, 4.69) is 20.3 Å². The summed E-state index contributed by atoms with van der Waals surface area (Å²) in [6, 6.07) is 18.1. The molecule has 2 aromatic carbocycles. The number of nitrogens with one attached hydrogen (secondary N) is 1. The number of carbonyl (C=O) groups excluding carboxylic acids is 1. The van der Waals surface area contributed by atoms with Crippen LogP contribution in [0.25, 0.3) is 11.2 Å². The number of thioether (sulfide) groups is 2. The number of benzene rings is 2. The lowest BCUT2D eigenvalue weighted by molar-refractivity contribution is -0.195. The quantitative estimate of drug-likeness (QED) is 0.0907. The van der Waals surface area contributed by atoms with E-state index >= 15 is 0 Å². The van der Waals surface area contributed by atoms with Gasteiger partial charge in [-0.2, -0.15) is 0 Å². The Bertz CT molecular complexity index is 1910. The smallest absolute Gasteiger partial charge is 0.306 e. The fraction of sp³-hybridized carbons (Fsp3) is 0.344. The number of amides is 1. The number of ether oxygens (including phenoxy) is 2. The summed E-state index contributed by atoms with van der Waals surface area (Å²) in [7, 11) is 0. The zero-order valence-corrected chi connectivity index (χ0v) is 28.1. The Morgan fingerprint density at radius 3 is 2.08 bits per heavy atom. The predicted molar refractivity (Wildman–Crippen MR) is 179 cm³/mol. The number of nitrogens with two attached hydrogens (primary N) is 1. The maximum Gasteiger partial charge on any atom is 0.306 e. The first kappa shape index (κ1) is 36.0. The van der Waals surface area contributed by atoms with E-state index in [1.165, 1.54) is 23.5 Å². The van der Waals surface area contributed by atoms with E-state index in [0.717, 1.165) is 27.0 Å². The van der Waals surface area contributed by atoms with Gasteiger partial charge >= 0.3 is 17.9 Å². The molecule has 268 valence electrons. The van der Waals surface area contributed by atoms with Crippen molar-refractivity contribution in [3.63, 3.8) is 0 Å². The van der Waals surface area contributed by atoms with E-state index in [-0.39, 0.29) is 23.4 Å². The third-order valence-electron chi connectivity index (χ3n) is 8.58. The molecule has 4 heterocycles. The standard InChI is InChI=1S/C32H32N6O11S2/c33-26-24-27(35-15-34-26)38(16-36-24)29-31(47,14-23(44)45)30(46,13-22(42)43)25(49-29)19(11-21(40)41)48-28-32(12-20(39)37-28,50-17-7-3-1-4-8-17)51-18-9-5-2-6-10-18/h1-10,15-16,19,25,28-29,46-47H,11-14H2,(H,37,39)(H,40,41)(H,42,43)(H,44,45)(H2,33,34,35)/t19?,25-,28?,29-,30-,31+/m1/s1. The van der Waals surface area contributed by atoms with E-state index in [0.29, 0.717) is 0 Å². The second-order valence-corrected chi connectivity index (χ2v) is 15.1. The first-order valence-corrected chi connectivity index (χ1v) is 17.0. The number of nitrogen functional groups attached to an aromatic ring is 1. The van der Waals surface area contributed by atoms with Crippen molar-refractivity contribution in [2.45, 2.75) is 75.4 Å². The van der Waals surface area contributed by atoms with Crippen LogP contribution in [0.1, 0.15) is 31.9 Å². The summed E-state index contributed by atoms with van der Waals surface area (Å²) in [5, 5.41) is 57.3. The van der Waals surface area contributed by atoms with Crippen molar-refractivity contribution in [3.05, 3.63) is 73.3 Å². The second-order valence-electron chi connectivity index (χ2n) is 12.0. The number of aliphatic hydroxyl groups is 2. The largest absolute Gasteiger partial charge is 0.481 e. The predicted octanol–water partition coefficient (Wildman–Crippen LogP) is 1.70. The molecule has 2 fully saturated rings. The van der Waals surface area contributed by atoms with Crippen LogP contribution in [0, 0.1) is 0 Å². The molecule has 0 spiro atoms. The third kappa shape index (κ3) is 6.95. The fourth-order valence-corrected chi connectivity index (χ4v) is 9.40. The van der Waals surface area contributed by atoms with E-state index < -0.39 is 83.0 Å². The Kier molecular flexibility index (Phi) is 9.95. The lowest BCUT2D eigenvalue weighted by Crippen LogP contribution is -2.63. The van der Waals surface area contributed by atoms with Crippen molar-refractivity contribution < 1.29 is 54.2 Å². The highest BCUT2D eigenvalue weighted by Gasteiger charge is 2.70. The van der Waals surface area contributed by atoms with Gasteiger partial charge < -0.3 is 46.1 Å². The van der Waals surface area contributed by atoms with Crippen LogP contribution in [0.4, 0.5) is 5.82 Å². The van der Waals surface area contributed by atoms with Gasteiger partial charge in [0.25, 0.3) is 0 Å². The highest BCUT2D eigenvalue weighted by atomic mass is 32.2. The van der Waals surface area contributed by atoms with E-state index in [1.54, 1.807) is 24.3 Å². The molecule has 4 aromatic rings. The molecule has 17 nitrogen and oxygen atoms in total. The van der Waals surface area contributed by atoms with Crippen molar-refractivity contribution in [1.29, 1.82) is 0 Å². The summed E-state index contributed by atoms with van der Waals surface area (Å²) < 4.78 is 12.4. The van der Waals surface area contributed by atoms with Crippen LogP contribution in [-0.4, -0.2) is 103 Å². The summed E-state index contributed by atoms with van der Waals surface area (Å²) >= 11 is 2.55. The maximum atomic E-state index is 13.2. The number of aliphatic carboxylic acids is 3. The summed E-state index contributed by atoms with van der Waals surface area (Å²) in [5.74, 6) is -5.32. The van der Waals surface area contributed by atoms with Gasteiger partial charge in [-0.3, -0.25) is 23.7 Å². The molecular weight excluding hydrogens is 709 g/mol. The molecule has 0 saturated carbocycles. The van der Waals surface area contributed by atoms with Gasteiger partial charge in [-0.1, -0.05) is 36.4 Å². The van der Waals surface area contributed by atoms with Gasteiger partial charge in [0.1, 0.15) is 27.6 Å². The molecule has 2 saturated heterocycles. The molecule has 0 aliphatic carbocycles. The third-order valence-corrected chi connectivity index (χ3v) is 11.5. The van der Waals surface area contributed by atoms with Crippen molar-refractivity contribution in [2.75, 3.05) is 5.73 Å². The molecule has 8 N–H and O–H groups in total. The molecule has 2 unspecified atom stereocenters. The number of aromatic nitrogens is 4. The number of hydrogen-bond donors (Lipinski definition) is 7. The summed E-state index contributed by atoms with van der Waals surface area (Å²) in [4.78, 5) is 63.7. The molecule has 0 radical (unpaired) electrons. The van der Waals surface area contributed by atoms with Gasteiger partial charge in [0.2, 0.25) is 5.91 Å². The molecule has 0 bridgehead atoms. The number of nitrogens with zero attached hydrogens (tertiary/aromatic N) is 4. The number of anilines is 1. The highest BCUT2D eigenvalue weighted by molar-refractivity contribution is 8.18. The number of hydrogen-bond acceptors (Lipinski definition) is 14. The minimum atomic E-state index is -3.01. The maximum absolute atomic E-state index is 13.2. The zero-order valence-electron chi connectivity index (χ0n) is 26.4. The van der Waals surface area contributed by atoms with Crippen LogP contribution in [0.15, 0.2) is 83.1 Å². The van der Waals surface area contributed by atoms with Gasteiger partial charge in [-0.15, -0.1) is 23.5 Å². The van der Waals surface area contributed by atoms with Crippen molar-refractivity contribution in [2.24, 2.45) is 0 Å². The first-order chi connectivity index (χ1) is 24.2. The van der Waals surface area contributed by atoms with Crippen LogP contribution >= 0.6 is 23.5 Å². The lowest BCUT2D eigenvalue weighted by Gasteiger charge is -2.42. The normalized spacial score (nSPS) is 26.2. The number of imidazole rings is 1. The topological polar surface area (TPSA) is 270 Å². The molecular formula is C32H32N6O11S2.